The lowest BCUT2D eigenvalue weighted by Gasteiger charge is -2.26. The molecule has 2 atom stereocenters. The maximum atomic E-state index is 12.2. The first kappa shape index (κ1) is 21.4. The number of carbonyl (C=O) groups is 1. The number of aromatic nitrogens is 1. The van der Waals surface area contributed by atoms with E-state index in [-0.39, 0.29) is 6.10 Å². The van der Waals surface area contributed by atoms with Gasteiger partial charge in [-0.3, -0.25) is 9.69 Å². The van der Waals surface area contributed by atoms with E-state index >= 15 is 0 Å². The number of anilines is 1. The molecular formula is C26H33N3O3. The second-order valence-electron chi connectivity index (χ2n) is 9.36. The third-order valence-corrected chi connectivity index (χ3v) is 6.97. The number of pyridine rings is 1. The molecule has 2 aliphatic heterocycles. The van der Waals surface area contributed by atoms with E-state index < -0.39 is 12.0 Å². The van der Waals surface area contributed by atoms with Crippen LogP contribution in [0, 0.1) is 0 Å². The van der Waals surface area contributed by atoms with Gasteiger partial charge in [-0.25, -0.2) is 4.98 Å². The molecule has 1 aliphatic carbocycles. The Morgan fingerprint density at radius 1 is 1.22 bits per heavy atom. The number of hydrogen-bond donors (Lipinski definition) is 2. The Balaban J connectivity index is 1.13. The zero-order valence-electron chi connectivity index (χ0n) is 18.6. The molecule has 1 aromatic carbocycles. The van der Waals surface area contributed by atoms with Crippen molar-refractivity contribution in [2.75, 3.05) is 31.6 Å². The van der Waals surface area contributed by atoms with Crippen LogP contribution >= 0.6 is 0 Å². The van der Waals surface area contributed by atoms with E-state index in [1.165, 1.54) is 30.4 Å². The van der Waals surface area contributed by atoms with Gasteiger partial charge in [-0.2, -0.15) is 0 Å². The van der Waals surface area contributed by atoms with Gasteiger partial charge in [-0.05, 0) is 73.6 Å². The third kappa shape index (κ3) is 4.81. The molecule has 0 amide bonds. The summed E-state index contributed by atoms with van der Waals surface area (Å²) in [5.74, 6) is 0.827. The van der Waals surface area contributed by atoms with Crippen molar-refractivity contribution in [1.82, 2.24) is 9.88 Å². The summed E-state index contributed by atoms with van der Waals surface area (Å²) in [7, 11) is 0. The molecule has 2 fully saturated rings. The number of hydrogen-bond acceptors (Lipinski definition) is 5. The fraction of sp³-hybridized carbons (Fsp3) is 0.538. The van der Waals surface area contributed by atoms with Gasteiger partial charge >= 0.3 is 5.97 Å². The Morgan fingerprint density at radius 2 is 2.09 bits per heavy atom. The standard InChI is InChI=1S/C26H33N3O3/c30-26(31)24(23-8-2-1-7-22(23)18-9-10-18)29-15-13-21(17-29)32-16-4-6-20-12-11-19-5-3-14-27-25(19)28-20/h1-2,7-8,11-12,18,21,24H,3-6,9-10,13-17H2,(H,27,28)(H,30,31)/t21-,24?/m1/s1. The summed E-state index contributed by atoms with van der Waals surface area (Å²) in [5.41, 5.74) is 4.61. The van der Waals surface area contributed by atoms with Gasteiger partial charge in [0.1, 0.15) is 11.9 Å². The topological polar surface area (TPSA) is 74.7 Å². The summed E-state index contributed by atoms with van der Waals surface area (Å²) in [6.07, 6.45) is 7.44. The predicted octanol–water partition coefficient (Wildman–Crippen LogP) is 4.17. The average molecular weight is 436 g/mol. The zero-order chi connectivity index (χ0) is 21.9. The summed E-state index contributed by atoms with van der Waals surface area (Å²) < 4.78 is 6.15. The highest BCUT2D eigenvalue weighted by molar-refractivity contribution is 5.76. The molecule has 0 bridgehead atoms. The molecule has 170 valence electrons. The molecule has 0 radical (unpaired) electrons. The molecule has 2 aromatic rings. The lowest BCUT2D eigenvalue weighted by atomic mass is 9.96. The molecule has 5 rings (SSSR count). The number of benzene rings is 1. The van der Waals surface area contributed by atoms with E-state index in [2.05, 4.69) is 28.4 Å². The number of rotatable bonds is 9. The molecule has 2 N–H and O–H groups in total. The number of carboxylic acids is 1. The summed E-state index contributed by atoms with van der Waals surface area (Å²) >= 11 is 0. The number of ether oxygens (including phenoxy) is 1. The van der Waals surface area contributed by atoms with Crippen LogP contribution in [-0.2, 0) is 22.4 Å². The fourth-order valence-electron chi connectivity index (χ4n) is 5.15. The van der Waals surface area contributed by atoms with Crippen LogP contribution in [-0.4, -0.2) is 53.3 Å². The smallest absolute Gasteiger partial charge is 0.325 e. The first-order chi connectivity index (χ1) is 15.7. The summed E-state index contributed by atoms with van der Waals surface area (Å²) in [4.78, 5) is 19.1. The fourth-order valence-corrected chi connectivity index (χ4v) is 5.15. The highest BCUT2D eigenvalue weighted by atomic mass is 16.5. The van der Waals surface area contributed by atoms with Crippen molar-refractivity contribution in [3.05, 3.63) is 58.8 Å². The predicted molar refractivity (Wildman–Crippen MR) is 124 cm³/mol. The van der Waals surface area contributed by atoms with Crippen LogP contribution in [0.5, 0.6) is 0 Å². The Bertz CT molecular complexity index is 959. The Hall–Kier alpha value is -2.44. The molecule has 6 heteroatoms. The van der Waals surface area contributed by atoms with Crippen molar-refractivity contribution in [3.8, 4) is 0 Å². The van der Waals surface area contributed by atoms with Crippen molar-refractivity contribution in [2.24, 2.45) is 0 Å². The van der Waals surface area contributed by atoms with Crippen LogP contribution in [0.1, 0.15) is 66.4 Å². The minimum Gasteiger partial charge on any atom is -0.480 e. The highest BCUT2D eigenvalue weighted by Crippen LogP contribution is 2.44. The lowest BCUT2D eigenvalue weighted by molar-refractivity contribution is -0.143. The van der Waals surface area contributed by atoms with E-state index in [0.717, 1.165) is 55.8 Å². The molecule has 1 saturated heterocycles. The van der Waals surface area contributed by atoms with Crippen LogP contribution < -0.4 is 5.32 Å². The van der Waals surface area contributed by atoms with Crippen LogP contribution in [0.3, 0.4) is 0 Å². The number of aliphatic carboxylic acids is 1. The van der Waals surface area contributed by atoms with Crippen LogP contribution in [0.2, 0.25) is 0 Å². The van der Waals surface area contributed by atoms with Crippen molar-refractivity contribution < 1.29 is 14.6 Å². The van der Waals surface area contributed by atoms with Crippen LogP contribution in [0.15, 0.2) is 36.4 Å². The normalized spacial score (nSPS) is 21.7. The van der Waals surface area contributed by atoms with E-state index in [9.17, 15) is 9.90 Å². The van der Waals surface area contributed by atoms with Crippen molar-refractivity contribution in [3.63, 3.8) is 0 Å². The molecule has 3 heterocycles. The van der Waals surface area contributed by atoms with Gasteiger partial charge in [-0.15, -0.1) is 0 Å². The molecule has 1 aromatic heterocycles. The SMILES string of the molecule is O=C(O)C(c1ccccc1C1CC1)N1CC[C@@H](OCCCc2ccc3c(n2)NCCC3)C1. The minimum absolute atomic E-state index is 0.100. The summed E-state index contributed by atoms with van der Waals surface area (Å²) in [6.45, 7) is 3.13. The molecular weight excluding hydrogens is 402 g/mol. The number of carboxylic acid groups (broad SMARTS) is 1. The lowest BCUT2D eigenvalue weighted by Crippen LogP contribution is -2.34. The second kappa shape index (κ2) is 9.59. The van der Waals surface area contributed by atoms with Crippen LogP contribution in [0.25, 0.3) is 0 Å². The third-order valence-electron chi connectivity index (χ3n) is 6.97. The van der Waals surface area contributed by atoms with Gasteiger partial charge in [-0.1, -0.05) is 30.3 Å². The number of fused-ring (bicyclic) bond motifs is 1. The maximum absolute atomic E-state index is 12.2. The molecule has 32 heavy (non-hydrogen) atoms. The average Bonchev–Trinajstić information content (AvgIpc) is 3.56. The summed E-state index contributed by atoms with van der Waals surface area (Å²) in [6, 6.07) is 11.9. The minimum atomic E-state index is -0.758. The van der Waals surface area contributed by atoms with Gasteiger partial charge in [0.2, 0.25) is 0 Å². The second-order valence-corrected chi connectivity index (χ2v) is 9.36. The number of aryl methyl sites for hydroxylation is 2. The first-order valence-electron chi connectivity index (χ1n) is 12.1. The molecule has 1 saturated carbocycles. The van der Waals surface area contributed by atoms with E-state index in [1.807, 2.05) is 18.2 Å². The zero-order valence-corrected chi connectivity index (χ0v) is 18.6. The van der Waals surface area contributed by atoms with E-state index in [4.69, 9.17) is 9.72 Å². The molecule has 6 nitrogen and oxygen atoms in total. The van der Waals surface area contributed by atoms with E-state index in [0.29, 0.717) is 19.1 Å². The van der Waals surface area contributed by atoms with Gasteiger partial charge < -0.3 is 15.2 Å². The van der Waals surface area contributed by atoms with E-state index in [1.54, 1.807) is 0 Å². The number of likely N-dealkylation sites (tertiary alicyclic amines) is 1. The first-order valence-corrected chi connectivity index (χ1v) is 12.1. The quantitative estimate of drug-likeness (QED) is 0.576. The van der Waals surface area contributed by atoms with Crippen molar-refractivity contribution in [1.29, 1.82) is 0 Å². The van der Waals surface area contributed by atoms with Crippen LogP contribution in [0.4, 0.5) is 5.82 Å². The van der Waals surface area contributed by atoms with Gasteiger partial charge in [0, 0.05) is 31.9 Å². The highest BCUT2D eigenvalue weighted by Gasteiger charge is 2.37. The molecule has 1 unspecified atom stereocenters. The number of nitrogens with one attached hydrogen (secondary N) is 1. The largest absolute Gasteiger partial charge is 0.480 e. The monoisotopic (exact) mass is 435 g/mol. The Morgan fingerprint density at radius 3 is 2.94 bits per heavy atom. The number of nitrogens with zero attached hydrogens (tertiary/aromatic N) is 2. The van der Waals surface area contributed by atoms with Gasteiger partial charge in [0.05, 0.1) is 6.10 Å². The maximum Gasteiger partial charge on any atom is 0.325 e. The van der Waals surface area contributed by atoms with Crippen molar-refractivity contribution in [2.45, 2.75) is 63.0 Å². The Labute approximate surface area is 190 Å². The van der Waals surface area contributed by atoms with Gasteiger partial charge in [0.15, 0.2) is 0 Å². The summed E-state index contributed by atoms with van der Waals surface area (Å²) in [5, 5.41) is 13.4. The molecule has 3 aliphatic rings. The van der Waals surface area contributed by atoms with Crippen molar-refractivity contribution >= 4 is 11.8 Å². The molecule has 0 spiro atoms. The Kier molecular flexibility index (Phi) is 6.42. The van der Waals surface area contributed by atoms with Gasteiger partial charge in [0.25, 0.3) is 0 Å².